The van der Waals surface area contributed by atoms with Gasteiger partial charge in [0.15, 0.2) is 6.61 Å². The number of amides is 1. The maximum atomic E-state index is 11.6. The summed E-state index contributed by atoms with van der Waals surface area (Å²) >= 11 is 1.54. The van der Waals surface area contributed by atoms with Crippen LogP contribution in [-0.2, 0) is 11.3 Å². The number of nitrogens with zero attached hydrogens (tertiary/aromatic N) is 1. The monoisotopic (exact) mass is 276 g/mol. The number of nitrogens with one attached hydrogen (secondary N) is 1. The van der Waals surface area contributed by atoms with Crippen molar-refractivity contribution < 1.29 is 9.53 Å². The molecule has 1 amide bonds. The van der Waals surface area contributed by atoms with Gasteiger partial charge in [0.25, 0.3) is 5.91 Å². The molecule has 100 valence electrons. The molecule has 0 radical (unpaired) electrons. The number of carbonyl (C=O) groups excluding carboxylic acids is 1. The lowest BCUT2D eigenvalue weighted by Crippen LogP contribution is -2.28. The average molecular weight is 276 g/mol. The van der Waals surface area contributed by atoms with Crippen LogP contribution in [0.25, 0.3) is 0 Å². The van der Waals surface area contributed by atoms with Crippen molar-refractivity contribution in [2.45, 2.75) is 20.4 Å². The SMILES string of the molecule is Cc1ccc(OCC(=O)NCc2nc(C)cs2)cc1. The molecule has 2 rings (SSSR count). The summed E-state index contributed by atoms with van der Waals surface area (Å²) in [6, 6.07) is 7.61. The Hall–Kier alpha value is -1.88. The highest BCUT2D eigenvalue weighted by Crippen LogP contribution is 2.11. The Balaban J connectivity index is 1.74. The smallest absolute Gasteiger partial charge is 0.258 e. The number of carbonyl (C=O) groups is 1. The predicted octanol–water partition coefficient (Wildman–Crippen LogP) is 2.46. The maximum Gasteiger partial charge on any atom is 0.258 e. The van der Waals surface area contributed by atoms with Gasteiger partial charge in [0, 0.05) is 11.1 Å². The van der Waals surface area contributed by atoms with Crippen LogP contribution in [0.15, 0.2) is 29.6 Å². The Kier molecular flexibility index (Phi) is 4.52. The van der Waals surface area contributed by atoms with Crippen LogP contribution in [0.3, 0.4) is 0 Å². The van der Waals surface area contributed by atoms with Gasteiger partial charge in [-0.3, -0.25) is 4.79 Å². The molecule has 0 saturated heterocycles. The van der Waals surface area contributed by atoms with Crippen LogP contribution in [0.2, 0.25) is 0 Å². The van der Waals surface area contributed by atoms with Crippen LogP contribution < -0.4 is 10.1 Å². The lowest BCUT2D eigenvalue weighted by Gasteiger charge is -2.06. The van der Waals surface area contributed by atoms with E-state index in [1.54, 1.807) is 11.3 Å². The van der Waals surface area contributed by atoms with Crippen LogP contribution in [0, 0.1) is 13.8 Å². The summed E-state index contributed by atoms with van der Waals surface area (Å²) in [5.41, 5.74) is 2.14. The quantitative estimate of drug-likeness (QED) is 0.912. The van der Waals surface area contributed by atoms with Crippen LogP contribution in [0.1, 0.15) is 16.3 Å². The zero-order chi connectivity index (χ0) is 13.7. The fourth-order valence-corrected chi connectivity index (χ4v) is 2.20. The molecule has 0 fully saturated rings. The molecule has 0 spiro atoms. The molecule has 0 unspecified atom stereocenters. The molecule has 19 heavy (non-hydrogen) atoms. The Morgan fingerprint density at radius 1 is 1.32 bits per heavy atom. The largest absolute Gasteiger partial charge is 0.484 e. The first-order valence-electron chi connectivity index (χ1n) is 6.00. The summed E-state index contributed by atoms with van der Waals surface area (Å²) < 4.78 is 5.39. The van der Waals surface area contributed by atoms with Crippen LogP contribution in [0.5, 0.6) is 5.75 Å². The highest BCUT2D eigenvalue weighted by molar-refractivity contribution is 7.09. The molecule has 0 aliphatic rings. The third kappa shape index (κ3) is 4.37. The number of benzene rings is 1. The minimum absolute atomic E-state index is 0.0212. The van der Waals surface area contributed by atoms with Crippen molar-refractivity contribution in [2.75, 3.05) is 6.61 Å². The molecule has 5 heteroatoms. The van der Waals surface area contributed by atoms with Gasteiger partial charge in [0.2, 0.25) is 0 Å². The van der Waals surface area contributed by atoms with Gasteiger partial charge in [-0.25, -0.2) is 4.98 Å². The first kappa shape index (κ1) is 13.5. The first-order chi connectivity index (χ1) is 9.13. The van der Waals surface area contributed by atoms with Gasteiger partial charge in [-0.05, 0) is 26.0 Å². The van der Waals surface area contributed by atoms with Gasteiger partial charge in [-0.1, -0.05) is 17.7 Å². The number of ether oxygens (including phenoxy) is 1. The van der Waals surface area contributed by atoms with E-state index < -0.39 is 0 Å². The van der Waals surface area contributed by atoms with Crippen molar-refractivity contribution in [1.82, 2.24) is 10.3 Å². The predicted molar refractivity (Wildman–Crippen MR) is 75.4 cm³/mol. The van der Waals surface area contributed by atoms with E-state index in [0.717, 1.165) is 16.3 Å². The molecule has 0 bridgehead atoms. The summed E-state index contributed by atoms with van der Waals surface area (Å²) in [6.07, 6.45) is 0. The molecule has 4 nitrogen and oxygen atoms in total. The van der Waals surface area contributed by atoms with E-state index in [1.165, 1.54) is 0 Å². The molecule has 1 aromatic heterocycles. The lowest BCUT2D eigenvalue weighted by molar-refractivity contribution is -0.123. The summed E-state index contributed by atoms with van der Waals surface area (Å²) in [6.45, 7) is 4.41. The number of hydrogen-bond donors (Lipinski definition) is 1. The zero-order valence-electron chi connectivity index (χ0n) is 11.0. The van der Waals surface area contributed by atoms with Crippen LogP contribution in [-0.4, -0.2) is 17.5 Å². The molecule has 0 atom stereocenters. The third-order valence-electron chi connectivity index (χ3n) is 2.49. The second-order valence-corrected chi connectivity index (χ2v) is 5.20. The van der Waals surface area contributed by atoms with Gasteiger partial charge >= 0.3 is 0 Å². The Bertz CT molecular complexity index is 549. The molecule has 0 saturated carbocycles. The fraction of sp³-hybridized carbons (Fsp3) is 0.286. The van der Waals surface area contributed by atoms with Crippen LogP contribution >= 0.6 is 11.3 Å². The third-order valence-corrected chi connectivity index (χ3v) is 3.46. The lowest BCUT2D eigenvalue weighted by atomic mass is 10.2. The molecular formula is C14H16N2O2S. The maximum absolute atomic E-state index is 11.6. The van der Waals surface area contributed by atoms with E-state index in [-0.39, 0.29) is 12.5 Å². The van der Waals surface area contributed by atoms with Crippen molar-refractivity contribution in [1.29, 1.82) is 0 Å². The Morgan fingerprint density at radius 3 is 2.68 bits per heavy atom. The number of aryl methyl sites for hydroxylation is 2. The Morgan fingerprint density at radius 2 is 2.05 bits per heavy atom. The summed E-state index contributed by atoms with van der Waals surface area (Å²) in [7, 11) is 0. The Labute approximate surface area is 116 Å². The van der Waals surface area contributed by atoms with Crippen molar-refractivity contribution in [3.05, 3.63) is 45.9 Å². The van der Waals surface area contributed by atoms with Crippen molar-refractivity contribution in [3.8, 4) is 5.75 Å². The van der Waals surface area contributed by atoms with E-state index in [9.17, 15) is 4.79 Å². The first-order valence-corrected chi connectivity index (χ1v) is 6.88. The van der Waals surface area contributed by atoms with Gasteiger partial charge in [-0.2, -0.15) is 0 Å². The highest BCUT2D eigenvalue weighted by atomic mass is 32.1. The second-order valence-electron chi connectivity index (χ2n) is 4.26. The van der Waals surface area contributed by atoms with Gasteiger partial charge in [0.05, 0.1) is 6.54 Å². The number of aromatic nitrogens is 1. The summed E-state index contributed by atoms with van der Waals surface area (Å²) in [4.78, 5) is 15.9. The summed E-state index contributed by atoms with van der Waals surface area (Å²) in [5.74, 6) is 0.555. The molecule has 0 aliphatic carbocycles. The van der Waals surface area contributed by atoms with Crippen molar-refractivity contribution >= 4 is 17.2 Å². The van der Waals surface area contributed by atoms with E-state index in [2.05, 4.69) is 10.3 Å². The van der Waals surface area contributed by atoms with Gasteiger partial charge in [-0.15, -0.1) is 11.3 Å². The van der Waals surface area contributed by atoms with Crippen molar-refractivity contribution in [2.24, 2.45) is 0 Å². The van der Waals surface area contributed by atoms with Crippen molar-refractivity contribution in [3.63, 3.8) is 0 Å². The van der Waals surface area contributed by atoms with E-state index in [1.807, 2.05) is 43.5 Å². The van der Waals surface area contributed by atoms with E-state index in [4.69, 9.17) is 4.74 Å². The highest BCUT2D eigenvalue weighted by Gasteiger charge is 2.04. The van der Waals surface area contributed by atoms with E-state index >= 15 is 0 Å². The zero-order valence-corrected chi connectivity index (χ0v) is 11.8. The standard InChI is InChI=1S/C14H16N2O2S/c1-10-3-5-12(6-4-10)18-8-13(17)15-7-14-16-11(2)9-19-14/h3-6,9H,7-8H2,1-2H3,(H,15,17). The fourth-order valence-electron chi connectivity index (χ4n) is 1.49. The second kappa shape index (κ2) is 6.33. The molecular weight excluding hydrogens is 260 g/mol. The molecule has 0 aliphatic heterocycles. The number of thiazole rings is 1. The number of rotatable bonds is 5. The normalized spacial score (nSPS) is 10.2. The molecule has 1 aromatic carbocycles. The minimum Gasteiger partial charge on any atom is -0.484 e. The van der Waals surface area contributed by atoms with E-state index in [0.29, 0.717) is 12.3 Å². The molecule has 2 aromatic rings. The molecule has 1 N–H and O–H groups in total. The minimum atomic E-state index is -0.145. The van der Waals surface area contributed by atoms with Crippen LogP contribution in [0.4, 0.5) is 0 Å². The topological polar surface area (TPSA) is 51.2 Å². The van der Waals surface area contributed by atoms with Gasteiger partial charge < -0.3 is 10.1 Å². The number of hydrogen-bond acceptors (Lipinski definition) is 4. The van der Waals surface area contributed by atoms with Gasteiger partial charge in [0.1, 0.15) is 10.8 Å². The average Bonchev–Trinajstić information content (AvgIpc) is 2.81. The molecule has 1 heterocycles. The summed E-state index contributed by atoms with van der Waals surface area (Å²) in [5, 5.41) is 5.64.